The molecule has 0 aromatic carbocycles. The summed E-state index contributed by atoms with van der Waals surface area (Å²) in [6, 6.07) is 4.52. The van der Waals surface area contributed by atoms with Crippen LogP contribution in [-0.4, -0.2) is 30.5 Å². The van der Waals surface area contributed by atoms with Crippen molar-refractivity contribution in [3.63, 3.8) is 0 Å². The lowest BCUT2D eigenvalue weighted by Crippen LogP contribution is -2.33. The number of pyridine rings is 1. The van der Waals surface area contributed by atoms with Gasteiger partial charge in [0.15, 0.2) is 0 Å². The number of hydrogen-bond donors (Lipinski definition) is 1. The molecule has 0 saturated heterocycles. The molecule has 1 N–H and O–H groups in total. The monoisotopic (exact) mass is 454 g/mol. The summed E-state index contributed by atoms with van der Waals surface area (Å²) in [5.74, 6) is -3.77. The zero-order valence-corrected chi connectivity index (χ0v) is 17.1. The van der Waals surface area contributed by atoms with Gasteiger partial charge in [0.25, 0.3) is 11.8 Å². The summed E-state index contributed by atoms with van der Waals surface area (Å²) < 4.78 is 68.8. The van der Waals surface area contributed by atoms with Gasteiger partial charge in [-0.1, -0.05) is 0 Å². The number of halogens is 5. The Kier molecular flexibility index (Phi) is 5.25. The molecule has 3 aromatic heterocycles. The molecule has 0 bridgehead atoms. The average Bonchev–Trinajstić information content (AvgIpc) is 3.32. The highest BCUT2D eigenvalue weighted by atomic mass is 19.4. The Labute approximate surface area is 179 Å². The molecule has 1 aliphatic heterocycles. The van der Waals surface area contributed by atoms with Crippen LogP contribution in [-0.2, 0) is 25.7 Å². The number of alkyl halides is 5. The molecule has 0 aliphatic carbocycles. The fourth-order valence-corrected chi connectivity index (χ4v) is 3.64. The first-order valence-electron chi connectivity index (χ1n) is 9.78. The van der Waals surface area contributed by atoms with Crippen LogP contribution in [0.2, 0.25) is 0 Å². The van der Waals surface area contributed by atoms with Gasteiger partial charge in [0.05, 0.1) is 17.4 Å². The molecule has 4 heterocycles. The van der Waals surface area contributed by atoms with Crippen molar-refractivity contribution in [2.75, 3.05) is 0 Å². The number of carbonyl (C=O) groups excluding carboxylic acids is 1. The Balaban J connectivity index is 1.60. The molecular weight excluding hydrogens is 435 g/mol. The number of hydrogen-bond acceptors (Lipinski definition) is 4. The Morgan fingerprint density at radius 2 is 1.88 bits per heavy atom. The van der Waals surface area contributed by atoms with E-state index in [1.807, 2.05) is 0 Å². The second-order valence-corrected chi connectivity index (χ2v) is 7.70. The van der Waals surface area contributed by atoms with Crippen molar-refractivity contribution in [1.82, 2.24) is 29.9 Å². The summed E-state index contributed by atoms with van der Waals surface area (Å²) in [6.45, 7) is 1.23. The molecule has 1 aliphatic rings. The molecule has 12 heteroatoms. The molecule has 0 unspecified atom stereocenters. The van der Waals surface area contributed by atoms with Crippen molar-refractivity contribution >= 4 is 5.91 Å². The molecule has 0 spiro atoms. The van der Waals surface area contributed by atoms with Crippen LogP contribution in [0.3, 0.4) is 0 Å². The molecule has 0 radical (unpaired) electrons. The number of nitrogens with one attached hydrogen (secondary N) is 1. The van der Waals surface area contributed by atoms with E-state index >= 15 is 0 Å². The third-order valence-corrected chi connectivity index (χ3v) is 5.24. The minimum absolute atomic E-state index is 0.0256. The van der Waals surface area contributed by atoms with Crippen LogP contribution in [0.15, 0.2) is 30.5 Å². The van der Waals surface area contributed by atoms with E-state index in [1.54, 1.807) is 10.7 Å². The van der Waals surface area contributed by atoms with Gasteiger partial charge in [-0.05, 0) is 37.1 Å². The molecular formula is C20H19F5N6O. The van der Waals surface area contributed by atoms with E-state index in [1.165, 1.54) is 13.1 Å². The van der Waals surface area contributed by atoms with Crippen molar-refractivity contribution < 1.29 is 26.7 Å². The van der Waals surface area contributed by atoms with E-state index in [9.17, 15) is 26.7 Å². The second-order valence-electron chi connectivity index (χ2n) is 7.70. The fraction of sp³-hybridized carbons (Fsp3) is 0.400. The Hall–Kier alpha value is -3.31. The number of carbonyl (C=O) groups is 1. The van der Waals surface area contributed by atoms with Crippen molar-refractivity contribution in [2.45, 2.75) is 44.5 Å². The van der Waals surface area contributed by atoms with Gasteiger partial charge in [-0.25, -0.2) is 0 Å². The lowest BCUT2D eigenvalue weighted by molar-refractivity contribution is -0.141. The smallest absolute Gasteiger partial charge is 0.342 e. The number of fused-ring (bicyclic) bond motifs is 1. The van der Waals surface area contributed by atoms with E-state index in [0.717, 1.165) is 23.0 Å². The molecule has 3 aromatic rings. The Bertz CT molecular complexity index is 1160. The first-order chi connectivity index (χ1) is 14.9. The summed E-state index contributed by atoms with van der Waals surface area (Å²) in [5, 5.41) is 10.9. The average molecular weight is 454 g/mol. The summed E-state index contributed by atoms with van der Waals surface area (Å²) in [6.07, 6.45) is -2.27. The Morgan fingerprint density at radius 3 is 2.53 bits per heavy atom. The molecule has 1 atom stereocenters. The number of rotatable bonds is 4. The van der Waals surface area contributed by atoms with Crippen LogP contribution < -0.4 is 5.32 Å². The fourth-order valence-electron chi connectivity index (χ4n) is 3.64. The van der Waals surface area contributed by atoms with Crippen LogP contribution in [0, 0.1) is 0 Å². The molecule has 170 valence electrons. The van der Waals surface area contributed by atoms with Crippen molar-refractivity contribution in [1.29, 1.82) is 0 Å². The normalized spacial score (nSPS) is 16.7. The van der Waals surface area contributed by atoms with Gasteiger partial charge < -0.3 is 5.32 Å². The van der Waals surface area contributed by atoms with E-state index in [-0.39, 0.29) is 11.3 Å². The van der Waals surface area contributed by atoms with Gasteiger partial charge in [-0.3, -0.25) is 19.1 Å². The van der Waals surface area contributed by atoms with Gasteiger partial charge in [0.1, 0.15) is 17.1 Å². The lowest BCUT2D eigenvalue weighted by Gasteiger charge is -2.24. The number of nitrogens with zero attached hydrogens (tertiary/aromatic N) is 5. The maximum Gasteiger partial charge on any atom is 0.433 e. The summed E-state index contributed by atoms with van der Waals surface area (Å²) >= 11 is 0. The quantitative estimate of drug-likeness (QED) is 0.603. The third kappa shape index (κ3) is 4.21. The SMILES string of the molecule is Cn1nc(C(C)(F)F)cc1C(=O)N[C@@H]1CCCn2nc(-c3ccnc(C(F)(F)F)c3)cc21. The summed E-state index contributed by atoms with van der Waals surface area (Å²) in [4.78, 5) is 16.1. The summed E-state index contributed by atoms with van der Waals surface area (Å²) in [7, 11) is 1.40. The standard InChI is InChI=1S/C20H19F5N6O/c1-19(21,22)16-10-15(30(2)29-16)18(32)27-12-4-3-7-31-14(12)9-13(28-31)11-5-6-26-17(8-11)20(23,24)25/h5-6,8-10,12H,3-4,7H2,1-2H3,(H,27,32)/t12-/m1/s1. The second kappa shape index (κ2) is 7.68. The van der Waals surface area contributed by atoms with E-state index in [4.69, 9.17) is 0 Å². The predicted octanol–water partition coefficient (Wildman–Crippen LogP) is 4.07. The molecule has 4 rings (SSSR count). The van der Waals surface area contributed by atoms with Crippen molar-refractivity contribution in [2.24, 2.45) is 7.05 Å². The molecule has 1 amide bonds. The van der Waals surface area contributed by atoms with Gasteiger partial charge in [0.2, 0.25) is 0 Å². The number of aryl methyl sites for hydroxylation is 2. The predicted molar refractivity (Wildman–Crippen MR) is 103 cm³/mol. The zero-order chi connectivity index (χ0) is 23.3. The van der Waals surface area contributed by atoms with Gasteiger partial charge in [-0.2, -0.15) is 32.1 Å². The first-order valence-corrected chi connectivity index (χ1v) is 9.78. The highest BCUT2D eigenvalue weighted by molar-refractivity contribution is 5.93. The molecule has 0 fully saturated rings. The third-order valence-electron chi connectivity index (χ3n) is 5.24. The highest BCUT2D eigenvalue weighted by Gasteiger charge is 2.34. The summed E-state index contributed by atoms with van der Waals surface area (Å²) in [5.41, 5.74) is -0.372. The zero-order valence-electron chi connectivity index (χ0n) is 17.1. The van der Waals surface area contributed by atoms with Gasteiger partial charge in [-0.15, -0.1) is 0 Å². The largest absolute Gasteiger partial charge is 0.433 e. The molecule has 0 saturated carbocycles. The lowest BCUT2D eigenvalue weighted by atomic mass is 10.0. The minimum Gasteiger partial charge on any atom is -0.342 e. The van der Waals surface area contributed by atoms with Crippen molar-refractivity contribution in [3.8, 4) is 11.3 Å². The van der Waals surface area contributed by atoms with Crippen LogP contribution in [0.5, 0.6) is 0 Å². The van der Waals surface area contributed by atoms with E-state index < -0.39 is 35.4 Å². The maximum atomic E-state index is 13.5. The number of amides is 1. The van der Waals surface area contributed by atoms with Crippen molar-refractivity contribution in [3.05, 3.63) is 53.2 Å². The number of aromatic nitrogens is 5. The van der Waals surface area contributed by atoms with E-state index in [2.05, 4.69) is 20.5 Å². The topological polar surface area (TPSA) is 77.6 Å². The maximum absolute atomic E-state index is 13.5. The first kappa shape index (κ1) is 21.9. The van der Waals surface area contributed by atoms with Crippen LogP contribution in [0.25, 0.3) is 11.3 Å². The van der Waals surface area contributed by atoms with E-state index in [0.29, 0.717) is 37.7 Å². The minimum atomic E-state index is -4.58. The Morgan fingerprint density at radius 1 is 1.12 bits per heavy atom. The van der Waals surface area contributed by atoms with Gasteiger partial charge in [0, 0.05) is 32.3 Å². The molecule has 7 nitrogen and oxygen atoms in total. The van der Waals surface area contributed by atoms with Crippen LogP contribution >= 0.6 is 0 Å². The highest BCUT2D eigenvalue weighted by Crippen LogP contribution is 2.33. The molecule has 32 heavy (non-hydrogen) atoms. The van der Waals surface area contributed by atoms with Gasteiger partial charge >= 0.3 is 6.18 Å². The van der Waals surface area contributed by atoms with Crippen LogP contribution in [0.4, 0.5) is 22.0 Å². The van der Waals surface area contributed by atoms with Crippen LogP contribution in [0.1, 0.15) is 53.4 Å².